The number of rotatable bonds is 2. The molecule has 0 bridgehead atoms. The molecule has 1 saturated heterocycles. The molecule has 1 aliphatic rings. The van der Waals surface area contributed by atoms with Crippen LogP contribution in [0.1, 0.15) is 12.8 Å². The molecule has 1 aromatic heterocycles. The van der Waals surface area contributed by atoms with Crippen LogP contribution in [0.5, 0.6) is 0 Å². The summed E-state index contributed by atoms with van der Waals surface area (Å²) in [6.07, 6.45) is 5.25. The van der Waals surface area contributed by atoms with Crippen molar-refractivity contribution in [2.75, 3.05) is 13.1 Å². The minimum atomic E-state index is -0.647. The quantitative estimate of drug-likeness (QED) is 0.640. The van der Waals surface area contributed by atoms with Gasteiger partial charge in [0.25, 0.3) is 0 Å². The molecule has 0 amide bonds. The summed E-state index contributed by atoms with van der Waals surface area (Å²) in [6, 6.07) is 0. The highest BCUT2D eigenvalue weighted by molar-refractivity contribution is 4.85. The van der Waals surface area contributed by atoms with Crippen LogP contribution in [-0.4, -0.2) is 38.8 Å². The molecule has 2 heterocycles. The summed E-state index contributed by atoms with van der Waals surface area (Å²) in [4.78, 5) is 0. The highest BCUT2D eigenvalue weighted by Gasteiger charge is 2.29. The second-order valence-corrected chi connectivity index (χ2v) is 3.61. The third kappa shape index (κ3) is 2.05. The maximum atomic E-state index is 10.1. The second kappa shape index (κ2) is 3.43. The summed E-state index contributed by atoms with van der Waals surface area (Å²) in [5.41, 5.74) is -0.647. The molecule has 0 aromatic carbocycles. The number of β-amino-alcohol motifs (C(OH)–C–C–N with tert-alkyl or cyclic N) is 1. The van der Waals surface area contributed by atoms with E-state index in [1.54, 1.807) is 17.1 Å². The van der Waals surface area contributed by atoms with Gasteiger partial charge in [-0.25, -0.2) is 4.68 Å². The van der Waals surface area contributed by atoms with Crippen LogP contribution in [0.15, 0.2) is 12.4 Å². The SMILES string of the molecule is OC1(Cn2ccnn2)CCCNC1. The standard InChI is InChI=1S/C8H14N4O/c13-8(2-1-3-9-6-8)7-12-5-4-10-11-12/h4-5,9,13H,1-3,6-7H2. The molecule has 1 fully saturated rings. The van der Waals surface area contributed by atoms with Crippen molar-refractivity contribution in [2.45, 2.75) is 25.0 Å². The van der Waals surface area contributed by atoms with E-state index in [0.717, 1.165) is 19.4 Å². The molecule has 5 heteroatoms. The first-order chi connectivity index (χ1) is 6.29. The molecular formula is C8H14N4O. The van der Waals surface area contributed by atoms with Gasteiger partial charge in [-0.1, -0.05) is 5.21 Å². The number of aromatic nitrogens is 3. The second-order valence-electron chi connectivity index (χ2n) is 3.61. The molecule has 0 aliphatic carbocycles. The maximum absolute atomic E-state index is 10.1. The van der Waals surface area contributed by atoms with Crippen LogP contribution in [0.2, 0.25) is 0 Å². The van der Waals surface area contributed by atoms with Crippen molar-refractivity contribution >= 4 is 0 Å². The van der Waals surface area contributed by atoms with Crippen molar-refractivity contribution in [2.24, 2.45) is 0 Å². The lowest BCUT2D eigenvalue weighted by atomic mass is 9.94. The Morgan fingerprint density at radius 2 is 2.54 bits per heavy atom. The van der Waals surface area contributed by atoms with Crippen LogP contribution in [0.3, 0.4) is 0 Å². The summed E-state index contributed by atoms with van der Waals surface area (Å²) in [5.74, 6) is 0. The third-order valence-electron chi connectivity index (χ3n) is 2.38. The van der Waals surface area contributed by atoms with E-state index in [4.69, 9.17) is 0 Å². The summed E-state index contributed by atoms with van der Waals surface area (Å²) in [7, 11) is 0. The fraction of sp³-hybridized carbons (Fsp3) is 0.750. The minimum absolute atomic E-state index is 0.528. The molecule has 1 unspecified atom stereocenters. The monoisotopic (exact) mass is 182 g/mol. The van der Waals surface area contributed by atoms with Crippen molar-refractivity contribution in [1.29, 1.82) is 0 Å². The zero-order valence-electron chi connectivity index (χ0n) is 7.48. The number of nitrogens with one attached hydrogen (secondary N) is 1. The average molecular weight is 182 g/mol. The van der Waals surface area contributed by atoms with E-state index in [1.165, 1.54) is 0 Å². The average Bonchev–Trinajstić information content (AvgIpc) is 2.57. The Morgan fingerprint density at radius 1 is 1.62 bits per heavy atom. The lowest BCUT2D eigenvalue weighted by molar-refractivity contribution is -0.00265. The van der Waals surface area contributed by atoms with E-state index in [9.17, 15) is 5.11 Å². The van der Waals surface area contributed by atoms with Gasteiger partial charge in [0.1, 0.15) is 0 Å². The van der Waals surface area contributed by atoms with E-state index in [-0.39, 0.29) is 0 Å². The van der Waals surface area contributed by atoms with Crippen molar-refractivity contribution in [1.82, 2.24) is 20.3 Å². The van der Waals surface area contributed by atoms with Crippen LogP contribution in [0.4, 0.5) is 0 Å². The first-order valence-electron chi connectivity index (χ1n) is 4.56. The van der Waals surface area contributed by atoms with Gasteiger partial charge in [-0.05, 0) is 19.4 Å². The van der Waals surface area contributed by atoms with E-state index >= 15 is 0 Å². The van der Waals surface area contributed by atoms with Crippen LogP contribution in [-0.2, 0) is 6.54 Å². The molecule has 1 aromatic rings. The van der Waals surface area contributed by atoms with Gasteiger partial charge in [0.05, 0.1) is 18.3 Å². The van der Waals surface area contributed by atoms with Gasteiger partial charge in [-0.2, -0.15) is 0 Å². The van der Waals surface area contributed by atoms with Crippen LogP contribution < -0.4 is 5.32 Å². The summed E-state index contributed by atoms with van der Waals surface area (Å²) in [6.45, 7) is 2.17. The Labute approximate surface area is 76.8 Å². The Morgan fingerprint density at radius 3 is 3.15 bits per heavy atom. The van der Waals surface area contributed by atoms with Gasteiger partial charge in [-0.15, -0.1) is 5.10 Å². The lowest BCUT2D eigenvalue weighted by Crippen LogP contribution is -2.48. The highest BCUT2D eigenvalue weighted by atomic mass is 16.3. The summed E-state index contributed by atoms with van der Waals surface area (Å²) < 4.78 is 1.67. The lowest BCUT2D eigenvalue weighted by Gasteiger charge is -2.32. The third-order valence-corrected chi connectivity index (χ3v) is 2.38. The van der Waals surface area contributed by atoms with Crippen molar-refractivity contribution in [3.05, 3.63) is 12.4 Å². The fourth-order valence-electron chi connectivity index (χ4n) is 1.71. The molecule has 5 nitrogen and oxygen atoms in total. The van der Waals surface area contributed by atoms with Crippen LogP contribution in [0.25, 0.3) is 0 Å². The molecule has 13 heavy (non-hydrogen) atoms. The largest absolute Gasteiger partial charge is 0.387 e. The van der Waals surface area contributed by atoms with Gasteiger partial charge in [0, 0.05) is 12.7 Å². The normalized spacial score (nSPS) is 29.0. The highest BCUT2D eigenvalue weighted by Crippen LogP contribution is 2.17. The van der Waals surface area contributed by atoms with E-state index in [2.05, 4.69) is 15.6 Å². The minimum Gasteiger partial charge on any atom is -0.387 e. The molecule has 72 valence electrons. The summed E-state index contributed by atoms with van der Waals surface area (Å²) >= 11 is 0. The summed E-state index contributed by atoms with van der Waals surface area (Å²) in [5, 5.41) is 20.8. The first kappa shape index (κ1) is 8.65. The molecule has 1 aliphatic heterocycles. The van der Waals surface area contributed by atoms with Crippen molar-refractivity contribution in [3.63, 3.8) is 0 Å². The molecule has 2 N–H and O–H groups in total. The number of hydrogen-bond donors (Lipinski definition) is 2. The first-order valence-corrected chi connectivity index (χ1v) is 4.56. The fourth-order valence-corrected chi connectivity index (χ4v) is 1.71. The van der Waals surface area contributed by atoms with Crippen molar-refractivity contribution in [3.8, 4) is 0 Å². The van der Waals surface area contributed by atoms with E-state index < -0.39 is 5.60 Å². The van der Waals surface area contributed by atoms with Gasteiger partial charge >= 0.3 is 0 Å². The molecule has 0 saturated carbocycles. The van der Waals surface area contributed by atoms with Crippen LogP contribution in [0, 0.1) is 0 Å². The smallest absolute Gasteiger partial charge is 0.0967 e. The zero-order valence-corrected chi connectivity index (χ0v) is 7.48. The van der Waals surface area contributed by atoms with Gasteiger partial charge in [-0.3, -0.25) is 0 Å². The number of piperidine rings is 1. The Hall–Kier alpha value is -0.940. The Kier molecular flexibility index (Phi) is 2.28. The Balaban J connectivity index is 1.99. The number of nitrogens with zero attached hydrogens (tertiary/aromatic N) is 3. The molecule has 0 spiro atoms. The topological polar surface area (TPSA) is 63.0 Å². The maximum Gasteiger partial charge on any atom is 0.0967 e. The van der Waals surface area contributed by atoms with Gasteiger partial charge < -0.3 is 10.4 Å². The number of hydrogen-bond acceptors (Lipinski definition) is 4. The predicted molar refractivity (Wildman–Crippen MR) is 47.1 cm³/mol. The molecular weight excluding hydrogens is 168 g/mol. The van der Waals surface area contributed by atoms with Crippen LogP contribution >= 0.6 is 0 Å². The Bertz CT molecular complexity index is 253. The van der Waals surface area contributed by atoms with Gasteiger partial charge in [0.2, 0.25) is 0 Å². The molecule has 2 rings (SSSR count). The number of aliphatic hydroxyl groups is 1. The van der Waals surface area contributed by atoms with Crippen molar-refractivity contribution < 1.29 is 5.11 Å². The molecule has 1 atom stereocenters. The van der Waals surface area contributed by atoms with E-state index in [1.807, 2.05) is 0 Å². The van der Waals surface area contributed by atoms with E-state index in [0.29, 0.717) is 13.1 Å². The molecule has 0 radical (unpaired) electrons. The zero-order chi connectivity index (χ0) is 9.15. The predicted octanol–water partition coefficient (Wildman–Crippen LogP) is -0.607. The van der Waals surface area contributed by atoms with Gasteiger partial charge in [0.15, 0.2) is 0 Å².